The lowest BCUT2D eigenvalue weighted by atomic mass is 9.96. The molecular formula is C22H24Cl2N2O6. The molecule has 1 aromatic carbocycles. The van der Waals surface area contributed by atoms with Crippen LogP contribution in [0.3, 0.4) is 0 Å². The summed E-state index contributed by atoms with van der Waals surface area (Å²) >= 11 is 12.2. The lowest BCUT2D eigenvalue weighted by Crippen LogP contribution is -2.50. The average molecular weight is 484 g/mol. The molecule has 1 aliphatic carbocycles. The minimum Gasteiger partial charge on any atom is -0.455 e. The number of halogens is 2. The molecule has 1 aromatic rings. The first-order valence-electron chi connectivity index (χ1n) is 10.3. The Morgan fingerprint density at radius 2 is 1.91 bits per heavy atom. The molecule has 0 spiro atoms. The third-order valence-electron chi connectivity index (χ3n) is 5.06. The first-order valence-corrected chi connectivity index (χ1v) is 10.6. The number of benzene rings is 1. The summed E-state index contributed by atoms with van der Waals surface area (Å²) in [5.74, 6) is -0.760. The van der Waals surface area contributed by atoms with E-state index in [1.54, 1.807) is 30.4 Å². The van der Waals surface area contributed by atoms with Gasteiger partial charge in [-0.3, -0.25) is 4.99 Å². The maximum absolute atomic E-state index is 12.8. The van der Waals surface area contributed by atoms with Gasteiger partial charge in [-0.05, 0) is 36.9 Å². The van der Waals surface area contributed by atoms with Crippen molar-refractivity contribution in [2.45, 2.75) is 30.8 Å². The van der Waals surface area contributed by atoms with E-state index in [2.05, 4.69) is 4.99 Å². The molecule has 4 atom stereocenters. The van der Waals surface area contributed by atoms with E-state index in [1.807, 2.05) is 6.08 Å². The number of allylic oxidation sites excluding steroid dienone is 4. The predicted octanol–water partition coefficient (Wildman–Crippen LogP) is 1.25. The number of hydrogen-bond donors (Lipinski definition) is 5. The smallest absolute Gasteiger partial charge is 0.334 e. The van der Waals surface area contributed by atoms with E-state index in [0.29, 0.717) is 21.5 Å². The van der Waals surface area contributed by atoms with E-state index < -0.39 is 37.0 Å². The Bertz CT molecular complexity index is 1020. The first-order chi connectivity index (χ1) is 15.6. The predicted molar refractivity (Wildman–Crippen MR) is 122 cm³/mol. The Kier molecular flexibility index (Phi) is 7.75. The summed E-state index contributed by atoms with van der Waals surface area (Å²) in [5, 5.41) is 40.8. The summed E-state index contributed by atoms with van der Waals surface area (Å²) in [6, 6.07) is 5.09. The van der Waals surface area contributed by atoms with Crippen LogP contribution >= 0.6 is 23.2 Å². The minimum absolute atomic E-state index is 0.167. The number of likely N-dealkylation sites (N-methyl/N-ethyl adjacent to an activating group) is 1. The van der Waals surface area contributed by atoms with E-state index in [9.17, 15) is 20.1 Å². The molecule has 5 N–H and O–H groups in total. The third kappa shape index (κ3) is 5.65. The maximum atomic E-state index is 12.8. The number of aliphatic hydroxyl groups is 4. The van der Waals surface area contributed by atoms with Crippen molar-refractivity contribution < 1.29 is 31.4 Å². The molecule has 2 aliphatic rings. The number of carbonyl (C=O) groups is 1. The van der Waals surface area contributed by atoms with Gasteiger partial charge in [0.15, 0.2) is 0 Å². The molecule has 0 radical (unpaired) electrons. The second-order valence-electron chi connectivity index (χ2n) is 7.41. The van der Waals surface area contributed by atoms with Crippen molar-refractivity contribution in [2.75, 3.05) is 20.2 Å². The van der Waals surface area contributed by atoms with Gasteiger partial charge < -0.3 is 30.5 Å². The van der Waals surface area contributed by atoms with E-state index in [1.165, 1.54) is 7.05 Å². The van der Waals surface area contributed by atoms with Crippen molar-refractivity contribution in [3.8, 4) is 0 Å². The number of carbonyl (C=O) groups excluding carboxylic acids is 1. The zero-order valence-corrected chi connectivity index (χ0v) is 18.7. The first kappa shape index (κ1) is 23.1. The lowest BCUT2D eigenvalue weighted by molar-refractivity contribution is -0.161. The topological polar surface area (TPSA) is 132 Å². The van der Waals surface area contributed by atoms with Crippen LogP contribution < -0.4 is 5.31 Å². The highest BCUT2D eigenvalue weighted by Crippen LogP contribution is 2.33. The van der Waals surface area contributed by atoms with Crippen molar-refractivity contribution in [1.29, 1.82) is 0 Å². The zero-order chi connectivity index (χ0) is 24.3. The molecule has 1 heterocycles. The van der Waals surface area contributed by atoms with Gasteiger partial charge >= 0.3 is 5.97 Å². The fourth-order valence-corrected chi connectivity index (χ4v) is 3.87. The van der Waals surface area contributed by atoms with Gasteiger partial charge in [-0.15, -0.1) is 0 Å². The van der Waals surface area contributed by atoms with Crippen molar-refractivity contribution in [2.24, 2.45) is 4.99 Å². The molecule has 32 heavy (non-hydrogen) atoms. The van der Waals surface area contributed by atoms with E-state index in [0.717, 1.165) is 16.4 Å². The van der Waals surface area contributed by atoms with E-state index in [4.69, 9.17) is 34.5 Å². The van der Waals surface area contributed by atoms with E-state index >= 15 is 0 Å². The number of aliphatic imine (C=N–C) groups is 1. The summed E-state index contributed by atoms with van der Waals surface area (Å²) < 4.78 is 12.9. The summed E-state index contributed by atoms with van der Waals surface area (Å²) in [4.78, 5) is 17.4. The molecular weight excluding hydrogens is 459 g/mol. The molecule has 0 saturated heterocycles. The third-order valence-corrected chi connectivity index (χ3v) is 5.49. The number of ether oxygens (including phenoxy) is 1. The van der Waals surface area contributed by atoms with Gasteiger partial charge in [0.05, 0.1) is 18.0 Å². The lowest BCUT2D eigenvalue weighted by Gasteiger charge is -2.29. The Balaban J connectivity index is 1.73. The Morgan fingerprint density at radius 1 is 1.22 bits per heavy atom. The quantitative estimate of drug-likeness (QED) is 0.334. The van der Waals surface area contributed by atoms with Gasteiger partial charge in [-0.1, -0.05) is 35.4 Å². The van der Waals surface area contributed by atoms with Crippen LogP contribution in [0.2, 0.25) is 11.5 Å². The van der Waals surface area contributed by atoms with Crippen molar-refractivity contribution in [1.82, 2.24) is 5.31 Å². The summed E-state index contributed by atoms with van der Waals surface area (Å²) in [6.45, 7) is -1.03. The number of fused-ring (bicyclic) bond motifs is 1. The largest absolute Gasteiger partial charge is 0.455 e. The monoisotopic (exact) mass is 483 g/mol. The van der Waals surface area contributed by atoms with Crippen molar-refractivity contribution in [3.05, 3.63) is 63.2 Å². The van der Waals surface area contributed by atoms with Crippen molar-refractivity contribution >= 4 is 40.6 Å². The van der Waals surface area contributed by atoms with Gasteiger partial charge in [-0.25, -0.2) is 4.79 Å². The molecule has 0 bridgehead atoms. The van der Waals surface area contributed by atoms with Crippen LogP contribution in [0.25, 0.3) is 5.70 Å². The van der Waals surface area contributed by atoms with E-state index in [-0.39, 0.29) is 18.5 Å². The standard InChI is InChI=1S/C22H24Cl2N2O6/c1-25-9-19(21(30)20(29)18(28)10-27)32-22(31)12-3-2-11-6-17(26-16(11)7-12)13-4-14(23)8-15(24)5-13/h2-6,8,18-21,25,27-30H,7,9-10H2,1H3/t18-,19+,20-,21-/m1/s1/i/hD. The number of rotatable bonds is 9. The molecule has 0 unspecified atom stereocenters. The van der Waals surface area contributed by atoms with Gasteiger partial charge in [0.2, 0.25) is 0 Å². The highest BCUT2D eigenvalue weighted by molar-refractivity contribution is 6.35. The molecule has 172 valence electrons. The normalized spacial score (nSPS) is 19.7. The molecule has 0 amide bonds. The molecule has 0 fully saturated rings. The number of aliphatic hydroxyl groups excluding tert-OH is 4. The highest BCUT2D eigenvalue weighted by atomic mass is 35.5. The van der Waals surface area contributed by atoms with Crippen LogP contribution in [-0.4, -0.2) is 76.7 Å². The van der Waals surface area contributed by atoms with Crippen LogP contribution in [-0.2, 0) is 9.53 Å². The van der Waals surface area contributed by atoms with Gasteiger partial charge in [0.1, 0.15) is 25.8 Å². The number of esters is 1. The summed E-state index contributed by atoms with van der Waals surface area (Å²) in [6.07, 6.45) is -1.13. The van der Waals surface area contributed by atoms with Crippen LogP contribution in [0.15, 0.2) is 52.6 Å². The Labute approximate surface area is 196 Å². The molecule has 1 aliphatic heterocycles. The van der Waals surface area contributed by atoms with Crippen LogP contribution in [0.4, 0.5) is 0 Å². The van der Waals surface area contributed by atoms with Gasteiger partial charge in [-0.2, -0.15) is 0 Å². The number of hydrogen-bond acceptors (Lipinski definition) is 8. The van der Waals surface area contributed by atoms with Crippen LogP contribution in [0.1, 0.15) is 12.0 Å². The molecule has 8 nitrogen and oxygen atoms in total. The average Bonchev–Trinajstić information content (AvgIpc) is 3.19. The maximum Gasteiger partial charge on any atom is 0.334 e. The van der Waals surface area contributed by atoms with Crippen LogP contribution in [0.5, 0.6) is 0 Å². The second-order valence-corrected chi connectivity index (χ2v) is 8.28. The van der Waals surface area contributed by atoms with Gasteiger partial charge in [0, 0.05) is 34.1 Å². The summed E-state index contributed by atoms with van der Waals surface area (Å²) in [7, 11) is 1.37. The fourth-order valence-electron chi connectivity index (χ4n) is 3.34. The SMILES string of the molecule is [2H]N(C)C[C@H](OC(=O)C1=CC=C2C=C(c3cc(Cl)cc(Cl)c3)N=C2C1)[C@@H](O)[C@H](O)[C@H](O)CO. The van der Waals surface area contributed by atoms with Crippen molar-refractivity contribution in [3.63, 3.8) is 0 Å². The second kappa shape index (κ2) is 10.7. The highest BCUT2D eigenvalue weighted by Gasteiger charge is 2.34. The minimum atomic E-state index is -1.77. The van der Waals surface area contributed by atoms with Gasteiger partial charge in [0.25, 0.3) is 0 Å². The molecule has 0 aromatic heterocycles. The Hall–Kier alpha value is -2.04. The fraction of sp³-hybridized carbons (Fsp3) is 0.364. The Morgan fingerprint density at radius 3 is 2.53 bits per heavy atom. The molecule has 10 heteroatoms. The summed E-state index contributed by atoms with van der Waals surface area (Å²) in [5.41, 5.74) is 3.10. The zero-order valence-electron chi connectivity index (χ0n) is 18.2. The molecule has 3 rings (SSSR count). The molecule has 0 saturated carbocycles. The number of nitrogens with zero attached hydrogens (tertiary/aromatic N) is 1. The number of nitrogens with one attached hydrogen (secondary N) is 1. The van der Waals surface area contributed by atoms with Crippen LogP contribution in [0, 0.1) is 0 Å².